The Balaban J connectivity index is 1.78. The fourth-order valence-corrected chi connectivity index (χ4v) is 2.45. The van der Waals surface area contributed by atoms with Gasteiger partial charge in [-0.25, -0.2) is 4.79 Å². The summed E-state index contributed by atoms with van der Waals surface area (Å²) in [6, 6.07) is 7.71. The topological polar surface area (TPSA) is 50.4 Å². The average molecular weight is 276 g/mol. The van der Waals surface area contributed by atoms with Crippen LogP contribution in [0.15, 0.2) is 24.3 Å². The van der Waals surface area contributed by atoms with E-state index in [2.05, 4.69) is 17.6 Å². The molecule has 2 rings (SSSR count). The van der Waals surface area contributed by atoms with Crippen molar-refractivity contribution in [2.75, 3.05) is 11.9 Å². The zero-order chi connectivity index (χ0) is 14.2. The molecule has 1 fully saturated rings. The van der Waals surface area contributed by atoms with Gasteiger partial charge in [0.25, 0.3) is 0 Å². The molecule has 110 valence electrons. The van der Waals surface area contributed by atoms with E-state index in [0.29, 0.717) is 6.04 Å². The second-order valence-electron chi connectivity index (χ2n) is 5.31. The van der Waals surface area contributed by atoms with Crippen molar-refractivity contribution < 1.29 is 9.53 Å². The monoisotopic (exact) mass is 276 g/mol. The maximum absolute atomic E-state index is 11.9. The number of nitrogens with one attached hydrogen (secondary N) is 2. The van der Waals surface area contributed by atoms with E-state index in [1.807, 2.05) is 24.3 Å². The minimum atomic E-state index is -0.112. The van der Waals surface area contributed by atoms with Crippen molar-refractivity contribution in [2.45, 2.75) is 51.5 Å². The first-order chi connectivity index (χ1) is 9.78. The van der Waals surface area contributed by atoms with E-state index in [1.54, 1.807) is 0 Å². The lowest BCUT2D eigenvalue weighted by atomic mass is 9.96. The van der Waals surface area contributed by atoms with Gasteiger partial charge in [0.2, 0.25) is 0 Å². The van der Waals surface area contributed by atoms with Gasteiger partial charge in [0.1, 0.15) is 5.75 Å². The molecule has 0 aliphatic heterocycles. The highest BCUT2D eigenvalue weighted by Crippen LogP contribution is 2.18. The second-order valence-corrected chi connectivity index (χ2v) is 5.31. The van der Waals surface area contributed by atoms with Crippen LogP contribution in [0.4, 0.5) is 10.5 Å². The number of anilines is 1. The van der Waals surface area contributed by atoms with Gasteiger partial charge in [0.05, 0.1) is 6.61 Å². The van der Waals surface area contributed by atoms with E-state index in [4.69, 9.17) is 4.74 Å². The molecule has 0 bridgehead atoms. The molecule has 1 aliphatic rings. The van der Waals surface area contributed by atoms with Crippen molar-refractivity contribution in [3.8, 4) is 5.75 Å². The van der Waals surface area contributed by atoms with E-state index in [0.717, 1.165) is 37.3 Å². The zero-order valence-corrected chi connectivity index (χ0v) is 12.2. The van der Waals surface area contributed by atoms with E-state index < -0.39 is 0 Å². The maximum atomic E-state index is 11.9. The lowest BCUT2D eigenvalue weighted by molar-refractivity contribution is 0.244. The fourth-order valence-electron chi connectivity index (χ4n) is 2.45. The van der Waals surface area contributed by atoms with Crippen molar-refractivity contribution in [3.05, 3.63) is 24.3 Å². The zero-order valence-electron chi connectivity index (χ0n) is 12.2. The van der Waals surface area contributed by atoms with Crippen LogP contribution in [-0.2, 0) is 0 Å². The summed E-state index contributed by atoms with van der Waals surface area (Å²) in [6.45, 7) is 2.79. The molecular formula is C16H24N2O2. The Morgan fingerprint density at radius 3 is 2.55 bits per heavy atom. The van der Waals surface area contributed by atoms with Crippen LogP contribution in [0.1, 0.15) is 45.4 Å². The third-order valence-electron chi connectivity index (χ3n) is 3.53. The van der Waals surface area contributed by atoms with Crippen molar-refractivity contribution >= 4 is 11.7 Å². The van der Waals surface area contributed by atoms with E-state index in [-0.39, 0.29) is 6.03 Å². The van der Waals surface area contributed by atoms with E-state index >= 15 is 0 Å². The Hall–Kier alpha value is -1.71. The highest BCUT2D eigenvalue weighted by Gasteiger charge is 2.15. The number of hydrogen-bond acceptors (Lipinski definition) is 2. The molecule has 0 spiro atoms. The number of ether oxygens (including phenoxy) is 1. The fraction of sp³-hybridized carbons (Fsp3) is 0.562. The van der Waals surface area contributed by atoms with Crippen molar-refractivity contribution in [1.29, 1.82) is 0 Å². The van der Waals surface area contributed by atoms with Crippen molar-refractivity contribution in [2.24, 2.45) is 0 Å². The number of amides is 2. The summed E-state index contributed by atoms with van der Waals surface area (Å²) in [7, 11) is 0. The number of carbonyl (C=O) groups is 1. The van der Waals surface area contributed by atoms with Gasteiger partial charge in [0.15, 0.2) is 0 Å². The summed E-state index contributed by atoms with van der Waals surface area (Å²) in [5.41, 5.74) is 0.794. The molecular weight excluding hydrogens is 252 g/mol. The van der Waals surface area contributed by atoms with Gasteiger partial charge < -0.3 is 15.4 Å². The molecule has 2 amide bonds. The molecule has 1 aromatic rings. The minimum absolute atomic E-state index is 0.112. The lowest BCUT2D eigenvalue weighted by Crippen LogP contribution is -2.38. The van der Waals surface area contributed by atoms with Crippen LogP contribution in [-0.4, -0.2) is 18.7 Å². The number of hydrogen-bond donors (Lipinski definition) is 2. The number of rotatable bonds is 5. The Morgan fingerprint density at radius 2 is 1.90 bits per heavy atom. The van der Waals surface area contributed by atoms with Gasteiger partial charge in [0, 0.05) is 11.7 Å². The molecule has 1 aliphatic carbocycles. The van der Waals surface area contributed by atoms with Crippen LogP contribution in [0.5, 0.6) is 5.75 Å². The highest BCUT2D eigenvalue weighted by atomic mass is 16.5. The first-order valence-electron chi connectivity index (χ1n) is 7.58. The molecule has 20 heavy (non-hydrogen) atoms. The van der Waals surface area contributed by atoms with Gasteiger partial charge in [-0.3, -0.25) is 0 Å². The molecule has 0 unspecified atom stereocenters. The summed E-state index contributed by atoms with van der Waals surface area (Å²) in [6.07, 6.45) is 6.90. The Kier molecular flexibility index (Phi) is 5.71. The maximum Gasteiger partial charge on any atom is 0.319 e. The summed E-state index contributed by atoms with van der Waals surface area (Å²) in [4.78, 5) is 11.9. The van der Waals surface area contributed by atoms with Crippen LogP contribution in [0.2, 0.25) is 0 Å². The molecule has 0 atom stereocenters. The average Bonchev–Trinajstić information content (AvgIpc) is 2.47. The van der Waals surface area contributed by atoms with Crippen LogP contribution in [0.25, 0.3) is 0 Å². The highest BCUT2D eigenvalue weighted by molar-refractivity contribution is 5.89. The van der Waals surface area contributed by atoms with Crippen molar-refractivity contribution in [3.63, 3.8) is 0 Å². The summed E-state index contributed by atoms with van der Waals surface area (Å²) in [5, 5.41) is 5.90. The first-order valence-corrected chi connectivity index (χ1v) is 7.58. The molecule has 0 saturated heterocycles. The molecule has 0 aromatic heterocycles. The van der Waals surface area contributed by atoms with Gasteiger partial charge in [-0.05, 0) is 43.5 Å². The first kappa shape index (κ1) is 14.7. The molecule has 2 N–H and O–H groups in total. The number of urea groups is 1. The van der Waals surface area contributed by atoms with Gasteiger partial charge in [-0.2, -0.15) is 0 Å². The summed E-state index contributed by atoms with van der Waals surface area (Å²) in [5.74, 6) is 0.838. The largest absolute Gasteiger partial charge is 0.494 e. The predicted molar refractivity (Wildman–Crippen MR) is 81.3 cm³/mol. The Labute approximate surface area is 120 Å². The number of carbonyl (C=O) groups excluding carboxylic acids is 1. The Bertz CT molecular complexity index is 411. The van der Waals surface area contributed by atoms with E-state index in [9.17, 15) is 4.79 Å². The van der Waals surface area contributed by atoms with Crippen LogP contribution in [0.3, 0.4) is 0 Å². The summed E-state index contributed by atoms with van der Waals surface area (Å²) >= 11 is 0. The minimum Gasteiger partial charge on any atom is -0.494 e. The molecule has 1 aromatic carbocycles. The second kappa shape index (κ2) is 7.78. The molecule has 4 heteroatoms. The van der Waals surface area contributed by atoms with Gasteiger partial charge in [-0.15, -0.1) is 0 Å². The third-order valence-corrected chi connectivity index (χ3v) is 3.53. The van der Waals surface area contributed by atoms with Crippen LogP contribution < -0.4 is 15.4 Å². The standard InChI is InChI=1S/C16H24N2O2/c1-2-12-20-15-10-8-14(9-11-15)18-16(19)17-13-6-4-3-5-7-13/h8-11,13H,2-7,12H2,1H3,(H2,17,18,19). The summed E-state index contributed by atoms with van der Waals surface area (Å²) < 4.78 is 5.51. The quantitative estimate of drug-likeness (QED) is 0.856. The number of benzene rings is 1. The molecule has 1 saturated carbocycles. The predicted octanol–water partition coefficient (Wildman–Crippen LogP) is 3.93. The van der Waals surface area contributed by atoms with Crippen LogP contribution in [0, 0.1) is 0 Å². The van der Waals surface area contributed by atoms with E-state index in [1.165, 1.54) is 19.3 Å². The van der Waals surface area contributed by atoms with Crippen molar-refractivity contribution in [1.82, 2.24) is 5.32 Å². The Morgan fingerprint density at radius 1 is 1.20 bits per heavy atom. The normalized spacial score (nSPS) is 15.7. The van der Waals surface area contributed by atoms with Gasteiger partial charge in [-0.1, -0.05) is 26.2 Å². The smallest absolute Gasteiger partial charge is 0.319 e. The van der Waals surface area contributed by atoms with Crippen LogP contribution >= 0.6 is 0 Å². The molecule has 4 nitrogen and oxygen atoms in total. The van der Waals surface area contributed by atoms with Gasteiger partial charge >= 0.3 is 6.03 Å². The molecule has 0 heterocycles. The molecule has 0 radical (unpaired) electrons. The lowest BCUT2D eigenvalue weighted by Gasteiger charge is -2.22. The SMILES string of the molecule is CCCOc1ccc(NC(=O)NC2CCCCC2)cc1. The third kappa shape index (κ3) is 4.76.